The summed E-state index contributed by atoms with van der Waals surface area (Å²) in [5, 5.41) is 12.1. The van der Waals surface area contributed by atoms with E-state index < -0.39 is 0 Å². The van der Waals surface area contributed by atoms with Gasteiger partial charge in [0, 0.05) is 29.9 Å². The Hall–Kier alpha value is -2.57. The van der Waals surface area contributed by atoms with Crippen molar-refractivity contribution in [2.75, 3.05) is 26.3 Å². The molecule has 1 aromatic carbocycles. The van der Waals surface area contributed by atoms with Crippen molar-refractivity contribution < 1.29 is 4.74 Å². The third-order valence-electron chi connectivity index (χ3n) is 5.95. The van der Waals surface area contributed by atoms with E-state index in [9.17, 15) is 0 Å². The minimum Gasteiger partial charge on any atom is -0.390 e. The number of benzene rings is 1. The van der Waals surface area contributed by atoms with Crippen LogP contribution in [0.4, 0.5) is 0 Å². The Morgan fingerprint density at radius 2 is 2.06 bits per heavy atom. The van der Waals surface area contributed by atoms with Crippen LogP contribution in [0.25, 0.3) is 22.2 Å². The van der Waals surface area contributed by atoms with Crippen LogP contribution in [0.5, 0.6) is 0 Å². The van der Waals surface area contributed by atoms with Crippen LogP contribution in [-0.2, 0) is 4.74 Å². The Balaban J connectivity index is 1.53. The van der Waals surface area contributed by atoms with Crippen molar-refractivity contribution >= 4 is 27.9 Å². The fourth-order valence-electron chi connectivity index (χ4n) is 3.91. The summed E-state index contributed by atoms with van der Waals surface area (Å²) in [6, 6.07) is 6.27. The quantitative estimate of drug-likeness (QED) is 0.372. The topological polar surface area (TPSA) is 96.9 Å². The lowest BCUT2D eigenvalue weighted by atomic mass is 10.0. The predicted octanol–water partition coefficient (Wildman–Crippen LogP) is 4.31. The number of allylic oxidation sites excluding steroid dienone is 1. The molecule has 6 nitrogen and oxygen atoms in total. The largest absolute Gasteiger partial charge is 0.390 e. The number of unbranched alkanes of at least 4 members (excludes halogenated alkanes) is 3. The summed E-state index contributed by atoms with van der Waals surface area (Å²) >= 11 is 0. The standard InChI is InChI=1S/C25H33N5O/c26-11-3-1-2-4-12-28-16-21(25(27)19-5-6-19)24-17-29-22-8-7-20(15-23(22)30-24)18-9-13-31-14-10-18/h7-9,15-17,19,27-28H,1-6,10-14,26H2/b21-16-,27-25?. The number of aromatic nitrogens is 2. The van der Waals surface area contributed by atoms with E-state index in [-0.39, 0.29) is 0 Å². The van der Waals surface area contributed by atoms with Gasteiger partial charge in [-0.1, -0.05) is 25.0 Å². The van der Waals surface area contributed by atoms with E-state index in [1.165, 1.54) is 24.0 Å². The SMILES string of the molecule is N=C(/C(=C\NCCCCCCN)c1cnc2ccc(C3=CCOCC3)cc2n1)C1CC1. The average Bonchev–Trinajstić information content (AvgIpc) is 3.66. The fourth-order valence-corrected chi connectivity index (χ4v) is 3.91. The Bertz CT molecular complexity index is 977. The van der Waals surface area contributed by atoms with Crippen LogP contribution < -0.4 is 11.1 Å². The molecule has 164 valence electrons. The molecule has 31 heavy (non-hydrogen) atoms. The van der Waals surface area contributed by atoms with Gasteiger partial charge in [-0.05, 0) is 61.9 Å². The third kappa shape index (κ3) is 5.77. The Labute approximate surface area is 184 Å². The molecular formula is C25H33N5O. The number of nitrogens with two attached hydrogens (primary N) is 1. The van der Waals surface area contributed by atoms with Crippen LogP contribution in [0.15, 0.2) is 36.7 Å². The van der Waals surface area contributed by atoms with Gasteiger partial charge >= 0.3 is 0 Å². The first kappa shape index (κ1) is 21.7. The lowest BCUT2D eigenvalue weighted by molar-refractivity contribution is 0.161. The Kier molecular flexibility index (Phi) is 7.43. The molecule has 6 heteroatoms. The zero-order valence-corrected chi connectivity index (χ0v) is 18.2. The third-order valence-corrected chi connectivity index (χ3v) is 5.95. The molecule has 1 aliphatic heterocycles. The van der Waals surface area contributed by atoms with Gasteiger partial charge in [0.25, 0.3) is 0 Å². The molecule has 1 fully saturated rings. The van der Waals surface area contributed by atoms with E-state index in [0.717, 1.165) is 74.1 Å². The van der Waals surface area contributed by atoms with Crippen LogP contribution in [0, 0.1) is 11.3 Å². The van der Waals surface area contributed by atoms with Gasteiger partial charge in [-0.2, -0.15) is 0 Å². The molecule has 1 aromatic heterocycles. The van der Waals surface area contributed by atoms with Crippen molar-refractivity contribution in [3.63, 3.8) is 0 Å². The number of rotatable bonds is 11. The van der Waals surface area contributed by atoms with Gasteiger partial charge in [0.15, 0.2) is 0 Å². The Morgan fingerprint density at radius 1 is 1.19 bits per heavy atom. The molecule has 4 rings (SSSR count). The van der Waals surface area contributed by atoms with E-state index in [1.807, 2.05) is 12.3 Å². The molecule has 0 radical (unpaired) electrons. The summed E-state index contributed by atoms with van der Waals surface area (Å²) in [4.78, 5) is 9.56. The Morgan fingerprint density at radius 3 is 2.84 bits per heavy atom. The highest BCUT2D eigenvalue weighted by atomic mass is 16.5. The monoisotopic (exact) mass is 419 g/mol. The maximum absolute atomic E-state index is 8.67. The van der Waals surface area contributed by atoms with Gasteiger partial charge in [-0.25, -0.2) is 4.98 Å². The molecule has 2 heterocycles. The molecule has 4 N–H and O–H groups in total. The van der Waals surface area contributed by atoms with E-state index in [2.05, 4.69) is 28.5 Å². The highest BCUT2D eigenvalue weighted by Gasteiger charge is 2.29. The highest BCUT2D eigenvalue weighted by Crippen LogP contribution is 2.35. The first-order chi connectivity index (χ1) is 15.3. The molecule has 0 amide bonds. The number of hydrogen-bond acceptors (Lipinski definition) is 6. The van der Waals surface area contributed by atoms with Crippen LogP contribution >= 0.6 is 0 Å². The number of nitrogens with one attached hydrogen (secondary N) is 2. The van der Waals surface area contributed by atoms with Crippen LogP contribution in [0.1, 0.15) is 56.2 Å². The minimum atomic E-state index is 0.355. The fraction of sp³-hybridized carbons (Fsp3) is 0.480. The van der Waals surface area contributed by atoms with Gasteiger partial charge < -0.3 is 21.2 Å². The smallest absolute Gasteiger partial charge is 0.0925 e. The highest BCUT2D eigenvalue weighted by molar-refractivity contribution is 6.23. The maximum atomic E-state index is 8.67. The first-order valence-corrected chi connectivity index (χ1v) is 11.5. The molecule has 0 unspecified atom stereocenters. The predicted molar refractivity (Wildman–Crippen MR) is 127 cm³/mol. The molecule has 0 bridgehead atoms. The zero-order valence-electron chi connectivity index (χ0n) is 18.2. The van der Waals surface area contributed by atoms with Gasteiger partial charge in [0.2, 0.25) is 0 Å². The minimum absolute atomic E-state index is 0.355. The lowest BCUT2D eigenvalue weighted by Crippen LogP contribution is -2.13. The normalized spacial score (nSPS) is 16.9. The molecule has 2 aliphatic rings. The van der Waals surface area contributed by atoms with Gasteiger partial charge in [-0.15, -0.1) is 0 Å². The van der Waals surface area contributed by atoms with E-state index in [1.54, 1.807) is 6.20 Å². The van der Waals surface area contributed by atoms with Crippen LogP contribution in [0.3, 0.4) is 0 Å². The number of nitrogens with zero attached hydrogens (tertiary/aromatic N) is 2. The van der Waals surface area contributed by atoms with E-state index in [0.29, 0.717) is 18.2 Å². The first-order valence-electron chi connectivity index (χ1n) is 11.5. The summed E-state index contributed by atoms with van der Waals surface area (Å²) in [5.41, 5.74) is 12.1. The molecule has 0 spiro atoms. The van der Waals surface area contributed by atoms with Crippen molar-refractivity contribution in [3.8, 4) is 0 Å². The van der Waals surface area contributed by atoms with Crippen molar-refractivity contribution in [3.05, 3.63) is 47.9 Å². The van der Waals surface area contributed by atoms with Crippen molar-refractivity contribution in [1.29, 1.82) is 5.41 Å². The molecule has 1 saturated carbocycles. The average molecular weight is 420 g/mol. The van der Waals surface area contributed by atoms with Crippen molar-refractivity contribution in [2.24, 2.45) is 11.7 Å². The van der Waals surface area contributed by atoms with Crippen molar-refractivity contribution in [2.45, 2.75) is 44.9 Å². The summed E-state index contributed by atoms with van der Waals surface area (Å²) in [6.07, 6.45) is 13.6. The summed E-state index contributed by atoms with van der Waals surface area (Å²) in [5.74, 6) is 0.355. The van der Waals surface area contributed by atoms with E-state index >= 15 is 0 Å². The maximum Gasteiger partial charge on any atom is 0.0925 e. The summed E-state index contributed by atoms with van der Waals surface area (Å²) in [6.45, 7) is 3.10. The molecular weight excluding hydrogens is 386 g/mol. The van der Waals surface area contributed by atoms with Crippen LogP contribution in [-0.4, -0.2) is 42.0 Å². The second-order valence-corrected chi connectivity index (χ2v) is 8.42. The van der Waals surface area contributed by atoms with E-state index in [4.69, 9.17) is 20.9 Å². The second-order valence-electron chi connectivity index (χ2n) is 8.42. The summed E-state index contributed by atoms with van der Waals surface area (Å²) < 4.78 is 5.44. The van der Waals surface area contributed by atoms with Crippen molar-refractivity contribution in [1.82, 2.24) is 15.3 Å². The lowest BCUT2D eigenvalue weighted by Gasteiger charge is -2.14. The second kappa shape index (κ2) is 10.6. The van der Waals surface area contributed by atoms with Crippen LogP contribution in [0.2, 0.25) is 0 Å². The summed E-state index contributed by atoms with van der Waals surface area (Å²) in [7, 11) is 0. The number of hydrogen-bond donors (Lipinski definition) is 3. The zero-order chi connectivity index (χ0) is 21.5. The molecule has 1 aliphatic carbocycles. The molecule has 0 atom stereocenters. The number of ether oxygens (including phenoxy) is 1. The van der Waals surface area contributed by atoms with Gasteiger partial charge in [0.1, 0.15) is 0 Å². The molecule has 2 aromatic rings. The van der Waals surface area contributed by atoms with Gasteiger partial charge in [-0.3, -0.25) is 4.98 Å². The van der Waals surface area contributed by atoms with Gasteiger partial charge in [0.05, 0.1) is 36.1 Å². The molecule has 0 saturated heterocycles. The number of fused-ring (bicyclic) bond motifs is 1.